The van der Waals surface area contributed by atoms with Crippen molar-refractivity contribution in [2.75, 3.05) is 14.2 Å². The number of aliphatic imine (C=N–C) groups is 1. The van der Waals surface area contributed by atoms with Gasteiger partial charge in [0.15, 0.2) is 11.8 Å². The van der Waals surface area contributed by atoms with Crippen LogP contribution < -0.4 is 15.4 Å². The summed E-state index contributed by atoms with van der Waals surface area (Å²) < 4.78 is 13.1. The molecule has 0 saturated heterocycles. The SMILES string of the molecule is CN=C(NCc1ccc(OC2CCCCC2)nc1)NC1CCc2nc(COC)nn2C1. The van der Waals surface area contributed by atoms with E-state index < -0.39 is 0 Å². The zero-order chi connectivity index (χ0) is 21.5. The Hall–Kier alpha value is -2.68. The molecule has 9 heteroatoms. The summed E-state index contributed by atoms with van der Waals surface area (Å²) in [5, 5.41) is 11.4. The minimum Gasteiger partial charge on any atom is -0.474 e. The van der Waals surface area contributed by atoms with Crippen LogP contribution in [0.5, 0.6) is 5.88 Å². The van der Waals surface area contributed by atoms with Crippen LogP contribution in [-0.2, 0) is 30.9 Å². The highest BCUT2D eigenvalue weighted by Gasteiger charge is 2.22. The molecule has 3 heterocycles. The molecule has 0 aromatic carbocycles. The monoisotopic (exact) mass is 427 g/mol. The van der Waals surface area contributed by atoms with E-state index in [1.165, 1.54) is 19.3 Å². The number of ether oxygens (including phenoxy) is 2. The highest BCUT2D eigenvalue weighted by molar-refractivity contribution is 5.79. The molecule has 0 amide bonds. The fourth-order valence-corrected chi connectivity index (χ4v) is 4.18. The summed E-state index contributed by atoms with van der Waals surface area (Å²) in [4.78, 5) is 13.4. The van der Waals surface area contributed by atoms with Crippen molar-refractivity contribution < 1.29 is 9.47 Å². The van der Waals surface area contributed by atoms with Crippen molar-refractivity contribution >= 4 is 5.96 Å². The molecule has 1 aliphatic heterocycles. The number of guanidine groups is 1. The van der Waals surface area contributed by atoms with Gasteiger partial charge in [0.05, 0.1) is 6.54 Å². The lowest BCUT2D eigenvalue weighted by Gasteiger charge is -2.25. The molecule has 9 nitrogen and oxygen atoms in total. The lowest BCUT2D eigenvalue weighted by Crippen LogP contribution is -2.46. The summed E-state index contributed by atoms with van der Waals surface area (Å²) in [6, 6.07) is 4.28. The number of hydrogen-bond donors (Lipinski definition) is 2. The number of methoxy groups -OCH3 is 1. The molecule has 1 atom stereocenters. The van der Waals surface area contributed by atoms with Crippen LogP contribution >= 0.6 is 0 Å². The Balaban J connectivity index is 1.25. The number of rotatable bonds is 7. The molecule has 4 rings (SSSR count). The van der Waals surface area contributed by atoms with E-state index in [1.807, 2.05) is 16.9 Å². The lowest BCUT2D eigenvalue weighted by atomic mass is 9.98. The molecule has 1 unspecified atom stereocenters. The Morgan fingerprint density at radius 3 is 2.84 bits per heavy atom. The van der Waals surface area contributed by atoms with E-state index in [1.54, 1.807) is 14.2 Å². The molecule has 2 aliphatic rings. The van der Waals surface area contributed by atoms with E-state index in [0.717, 1.165) is 61.3 Å². The van der Waals surface area contributed by atoms with E-state index >= 15 is 0 Å². The molecule has 0 bridgehead atoms. The zero-order valence-corrected chi connectivity index (χ0v) is 18.5. The summed E-state index contributed by atoms with van der Waals surface area (Å²) in [7, 11) is 3.45. The normalized spacial score (nSPS) is 19.7. The van der Waals surface area contributed by atoms with Crippen molar-refractivity contribution in [3.05, 3.63) is 35.5 Å². The number of hydrogen-bond acceptors (Lipinski definition) is 6. The van der Waals surface area contributed by atoms with Gasteiger partial charge in [0.2, 0.25) is 5.88 Å². The average Bonchev–Trinajstić information content (AvgIpc) is 3.20. The van der Waals surface area contributed by atoms with Gasteiger partial charge >= 0.3 is 0 Å². The van der Waals surface area contributed by atoms with Crippen LogP contribution in [0.4, 0.5) is 0 Å². The van der Waals surface area contributed by atoms with E-state index in [2.05, 4.69) is 36.8 Å². The summed E-state index contributed by atoms with van der Waals surface area (Å²) in [5.41, 5.74) is 1.09. The Morgan fingerprint density at radius 2 is 2.10 bits per heavy atom. The first kappa shape index (κ1) is 21.5. The summed E-state index contributed by atoms with van der Waals surface area (Å²) in [6.45, 7) is 1.86. The van der Waals surface area contributed by atoms with Gasteiger partial charge in [-0.2, -0.15) is 5.10 Å². The second-order valence-corrected chi connectivity index (χ2v) is 8.25. The lowest BCUT2D eigenvalue weighted by molar-refractivity contribution is 0.148. The van der Waals surface area contributed by atoms with Gasteiger partial charge < -0.3 is 20.1 Å². The van der Waals surface area contributed by atoms with Crippen molar-refractivity contribution in [1.82, 2.24) is 30.4 Å². The zero-order valence-electron chi connectivity index (χ0n) is 18.5. The van der Waals surface area contributed by atoms with Crippen molar-refractivity contribution in [3.8, 4) is 5.88 Å². The molecule has 0 spiro atoms. The Bertz CT molecular complexity index is 859. The number of pyridine rings is 1. The van der Waals surface area contributed by atoms with E-state index in [0.29, 0.717) is 19.3 Å². The topological polar surface area (TPSA) is 98.5 Å². The molecule has 2 aromatic heterocycles. The third-order valence-corrected chi connectivity index (χ3v) is 5.84. The van der Waals surface area contributed by atoms with E-state index in [4.69, 9.17) is 9.47 Å². The highest BCUT2D eigenvalue weighted by Crippen LogP contribution is 2.22. The van der Waals surface area contributed by atoms with Gasteiger partial charge in [0, 0.05) is 45.4 Å². The molecule has 0 radical (unpaired) electrons. The molecular formula is C22H33N7O2. The standard InChI is InChI=1S/C22H33N7O2/c1-23-22(26-17-9-10-20-27-19(15-30-2)28-29(20)14-17)25-13-16-8-11-21(24-12-16)31-18-6-4-3-5-7-18/h8,11-12,17-18H,3-7,9-10,13-15H2,1-2H3,(H2,23,25,26). The van der Waals surface area contributed by atoms with Crippen LogP contribution in [0, 0.1) is 0 Å². The van der Waals surface area contributed by atoms with Crippen molar-refractivity contribution in [2.24, 2.45) is 4.99 Å². The Kier molecular flexibility index (Phi) is 7.35. The minimum atomic E-state index is 0.250. The number of nitrogens with one attached hydrogen (secondary N) is 2. The fourth-order valence-electron chi connectivity index (χ4n) is 4.18. The predicted octanol–water partition coefficient (Wildman–Crippen LogP) is 2.21. The van der Waals surface area contributed by atoms with Crippen LogP contribution in [0.15, 0.2) is 23.3 Å². The van der Waals surface area contributed by atoms with Gasteiger partial charge in [0.25, 0.3) is 0 Å². The maximum absolute atomic E-state index is 6.01. The van der Waals surface area contributed by atoms with Gasteiger partial charge in [-0.3, -0.25) is 4.99 Å². The number of nitrogens with zero attached hydrogens (tertiary/aromatic N) is 5. The maximum Gasteiger partial charge on any atom is 0.213 e. The smallest absolute Gasteiger partial charge is 0.213 e. The van der Waals surface area contributed by atoms with Gasteiger partial charge in [-0.1, -0.05) is 12.5 Å². The Morgan fingerprint density at radius 1 is 1.23 bits per heavy atom. The van der Waals surface area contributed by atoms with Crippen LogP contribution in [0.2, 0.25) is 0 Å². The molecule has 2 aromatic rings. The van der Waals surface area contributed by atoms with Crippen molar-refractivity contribution in [1.29, 1.82) is 0 Å². The summed E-state index contributed by atoms with van der Waals surface area (Å²) in [6.07, 6.45) is 10.2. The maximum atomic E-state index is 6.01. The third kappa shape index (κ3) is 5.94. The second-order valence-electron chi connectivity index (χ2n) is 8.25. The highest BCUT2D eigenvalue weighted by atomic mass is 16.5. The summed E-state index contributed by atoms with van der Waals surface area (Å²) >= 11 is 0. The van der Waals surface area contributed by atoms with Gasteiger partial charge in [-0.15, -0.1) is 0 Å². The third-order valence-electron chi connectivity index (χ3n) is 5.84. The van der Waals surface area contributed by atoms with Crippen LogP contribution in [-0.4, -0.2) is 52.0 Å². The fraction of sp³-hybridized carbons (Fsp3) is 0.636. The molecule has 1 fully saturated rings. The van der Waals surface area contributed by atoms with Crippen LogP contribution in [0.1, 0.15) is 55.7 Å². The first-order chi connectivity index (χ1) is 15.2. The quantitative estimate of drug-likeness (QED) is 0.516. The number of aromatic nitrogens is 4. The minimum absolute atomic E-state index is 0.250. The van der Waals surface area contributed by atoms with Crippen LogP contribution in [0.25, 0.3) is 0 Å². The molecule has 1 saturated carbocycles. The predicted molar refractivity (Wildman–Crippen MR) is 118 cm³/mol. The average molecular weight is 428 g/mol. The Labute approximate surface area is 183 Å². The first-order valence-electron chi connectivity index (χ1n) is 11.2. The number of fused-ring (bicyclic) bond motifs is 1. The molecule has 168 valence electrons. The number of aryl methyl sites for hydroxylation is 1. The second kappa shape index (κ2) is 10.6. The van der Waals surface area contributed by atoms with Gasteiger partial charge in [0.1, 0.15) is 18.5 Å². The van der Waals surface area contributed by atoms with Gasteiger partial charge in [-0.25, -0.2) is 14.6 Å². The van der Waals surface area contributed by atoms with Gasteiger partial charge in [-0.05, 0) is 37.7 Å². The molecule has 2 N–H and O–H groups in total. The summed E-state index contributed by atoms with van der Waals surface area (Å²) in [5.74, 6) is 3.25. The van der Waals surface area contributed by atoms with Crippen LogP contribution in [0.3, 0.4) is 0 Å². The molecular weight excluding hydrogens is 394 g/mol. The first-order valence-corrected chi connectivity index (χ1v) is 11.2. The van der Waals surface area contributed by atoms with E-state index in [9.17, 15) is 0 Å². The largest absolute Gasteiger partial charge is 0.474 e. The van der Waals surface area contributed by atoms with E-state index in [-0.39, 0.29) is 6.04 Å². The molecule has 1 aliphatic carbocycles. The van der Waals surface area contributed by atoms with Crippen molar-refractivity contribution in [2.45, 2.75) is 76.8 Å². The van der Waals surface area contributed by atoms with Crippen molar-refractivity contribution in [3.63, 3.8) is 0 Å². The molecule has 31 heavy (non-hydrogen) atoms.